The number of rotatable bonds is 8. The number of hydrogen-bond acceptors (Lipinski definition) is 6. The zero-order valence-corrected chi connectivity index (χ0v) is 29.2. The minimum atomic E-state index is -0.00926. The molecule has 0 amide bonds. The van der Waals surface area contributed by atoms with Crippen LogP contribution in [0.15, 0.2) is 72.8 Å². The first-order chi connectivity index (χ1) is 20.6. The molecule has 0 spiro atoms. The SMILES string of the molecule is CC(C)(C)c1cc(-c2ncnc3nc4ccccc4nc23)[c-]c2ccccc12.CCC(CC)C(=O)/C=C(\O)C(CC)CC.[Ir]. The summed E-state index contributed by atoms with van der Waals surface area (Å²) in [5.74, 6) is 0.547. The Balaban J connectivity index is 0.000000286. The number of carbonyl (C=O) groups excluding carboxylic acids is 1. The Kier molecular flexibility index (Phi) is 12.3. The third-order valence-electron chi connectivity index (χ3n) is 8.06. The molecule has 233 valence electrons. The molecule has 0 unspecified atom stereocenters. The molecule has 1 N–H and O–H groups in total. The zero-order valence-electron chi connectivity index (χ0n) is 26.8. The topological polar surface area (TPSA) is 88.9 Å². The molecule has 0 atom stereocenters. The number of carbonyl (C=O) groups is 1. The molecule has 0 saturated carbocycles. The number of nitrogens with zero attached hydrogens (tertiary/aromatic N) is 4. The van der Waals surface area contributed by atoms with Crippen molar-refractivity contribution in [3.8, 4) is 11.3 Å². The Morgan fingerprint density at radius 3 is 2.07 bits per heavy atom. The first kappa shape index (κ1) is 34.9. The van der Waals surface area contributed by atoms with Crippen molar-refractivity contribution in [1.29, 1.82) is 0 Å². The smallest absolute Gasteiger partial charge is 0.174 e. The van der Waals surface area contributed by atoms with Gasteiger partial charge < -0.3 is 5.11 Å². The summed E-state index contributed by atoms with van der Waals surface area (Å²) in [6.45, 7) is 14.7. The number of ketones is 1. The van der Waals surface area contributed by atoms with Crippen molar-refractivity contribution in [3.63, 3.8) is 0 Å². The van der Waals surface area contributed by atoms with Crippen LogP contribution in [0, 0.1) is 17.9 Å². The minimum absolute atomic E-state index is 0. The molecule has 6 nitrogen and oxygen atoms in total. The fourth-order valence-corrected chi connectivity index (χ4v) is 5.40. The number of aliphatic hydroxyl groups excluding tert-OH is 1. The van der Waals surface area contributed by atoms with Crippen molar-refractivity contribution in [1.82, 2.24) is 19.9 Å². The molecular weight excluding hydrogens is 725 g/mol. The summed E-state index contributed by atoms with van der Waals surface area (Å²) >= 11 is 0. The molecule has 7 heteroatoms. The second kappa shape index (κ2) is 15.5. The van der Waals surface area contributed by atoms with Crippen molar-refractivity contribution in [2.24, 2.45) is 11.8 Å². The van der Waals surface area contributed by atoms with Crippen LogP contribution in [0.5, 0.6) is 0 Å². The Labute approximate surface area is 274 Å². The van der Waals surface area contributed by atoms with Gasteiger partial charge in [-0.3, -0.25) is 9.78 Å². The average molecular weight is 768 g/mol. The summed E-state index contributed by atoms with van der Waals surface area (Å²) in [5.41, 5.74) is 5.90. The van der Waals surface area contributed by atoms with E-state index in [-0.39, 0.29) is 48.9 Å². The summed E-state index contributed by atoms with van der Waals surface area (Å²) in [6.07, 6.45) is 6.46. The second-order valence-electron chi connectivity index (χ2n) is 12.0. The van der Waals surface area contributed by atoms with Crippen LogP contribution in [-0.2, 0) is 30.3 Å². The first-order valence-corrected chi connectivity index (χ1v) is 15.4. The summed E-state index contributed by atoms with van der Waals surface area (Å²) < 4.78 is 0. The molecule has 3 aromatic carbocycles. The Hall–Kier alpha value is -3.54. The number of fused-ring (bicyclic) bond motifs is 3. The van der Waals surface area contributed by atoms with Gasteiger partial charge >= 0.3 is 0 Å². The summed E-state index contributed by atoms with van der Waals surface area (Å²) in [5, 5.41) is 12.1. The van der Waals surface area contributed by atoms with Gasteiger partial charge in [0.25, 0.3) is 0 Å². The van der Waals surface area contributed by atoms with Gasteiger partial charge in [0.15, 0.2) is 11.4 Å². The molecular formula is C37H43IrN4O2-. The van der Waals surface area contributed by atoms with Crippen molar-refractivity contribution < 1.29 is 30.0 Å². The summed E-state index contributed by atoms with van der Waals surface area (Å²) in [6, 6.07) is 21.9. The molecule has 0 aliphatic heterocycles. The van der Waals surface area contributed by atoms with E-state index in [9.17, 15) is 9.90 Å². The van der Waals surface area contributed by atoms with Crippen molar-refractivity contribution in [2.45, 2.75) is 79.6 Å². The molecule has 5 rings (SSSR count). The van der Waals surface area contributed by atoms with Gasteiger partial charge in [-0.05, 0) is 43.2 Å². The molecule has 0 aliphatic carbocycles. The van der Waals surface area contributed by atoms with E-state index in [4.69, 9.17) is 4.98 Å². The van der Waals surface area contributed by atoms with Crippen molar-refractivity contribution >= 4 is 38.8 Å². The van der Waals surface area contributed by atoms with E-state index >= 15 is 0 Å². The molecule has 2 aromatic heterocycles. The fourth-order valence-electron chi connectivity index (χ4n) is 5.40. The van der Waals surface area contributed by atoms with Crippen LogP contribution in [0.1, 0.15) is 79.7 Å². The van der Waals surface area contributed by atoms with Gasteiger partial charge in [-0.25, -0.2) is 15.0 Å². The van der Waals surface area contributed by atoms with Crippen LogP contribution in [0.25, 0.3) is 44.2 Å². The number of aromatic nitrogens is 4. The summed E-state index contributed by atoms with van der Waals surface area (Å²) in [7, 11) is 0. The van der Waals surface area contributed by atoms with E-state index in [0.717, 1.165) is 53.4 Å². The monoisotopic (exact) mass is 768 g/mol. The number of para-hydroxylation sites is 2. The maximum atomic E-state index is 11.7. The Bertz CT molecular complexity index is 1750. The van der Waals surface area contributed by atoms with Crippen LogP contribution in [0.4, 0.5) is 0 Å². The molecule has 44 heavy (non-hydrogen) atoms. The van der Waals surface area contributed by atoms with Gasteiger partial charge in [-0.2, -0.15) is 0 Å². The Morgan fingerprint density at radius 1 is 0.864 bits per heavy atom. The van der Waals surface area contributed by atoms with Crippen LogP contribution < -0.4 is 0 Å². The molecule has 0 fully saturated rings. The van der Waals surface area contributed by atoms with E-state index in [1.165, 1.54) is 17.0 Å². The maximum Gasteiger partial charge on any atom is 0.174 e. The first-order valence-electron chi connectivity index (χ1n) is 15.4. The van der Waals surface area contributed by atoms with Gasteiger partial charge in [0.05, 0.1) is 16.8 Å². The normalized spacial score (nSPS) is 12.0. The quantitative estimate of drug-likeness (QED) is 0.0733. The molecule has 1 radical (unpaired) electrons. The van der Waals surface area contributed by atoms with E-state index in [1.54, 1.807) is 6.33 Å². The fraction of sp³-hybridized carbons (Fsp3) is 0.378. The standard InChI is InChI=1S/C24H19N4.C13H24O2.Ir/c1-24(2,3)18-13-16(12-15-8-4-5-9-17(15)18)21-22-23(26-14-25-21)28-20-11-7-6-10-19(20)27-22;1-5-10(6-2)12(14)9-13(15)11(7-3)8-4;/h4-11,13-14H,1-3H3;9-11,14H,5-8H2,1-4H3;/q-1;;/b;12-9-;. The Morgan fingerprint density at radius 2 is 1.45 bits per heavy atom. The second-order valence-corrected chi connectivity index (χ2v) is 12.0. The third kappa shape index (κ3) is 7.94. The van der Waals surface area contributed by atoms with Crippen LogP contribution in [0.2, 0.25) is 0 Å². The largest absolute Gasteiger partial charge is 0.512 e. The molecule has 2 heterocycles. The van der Waals surface area contributed by atoms with E-state index in [0.29, 0.717) is 11.2 Å². The predicted molar refractivity (Wildman–Crippen MR) is 177 cm³/mol. The van der Waals surface area contributed by atoms with Gasteiger partial charge in [0, 0.05) is 43.7 Å². The molecule has 5 aromatic rings. The van der Waals surface area contributed by atoms with Crippen LogP contribution in [0.3, 0.4) is 0 Å². The average Bonchev–Trinajstić information content (AvgIpc) is 3.00. The van der Waals surface area contributed by atoms with E-state index in [2.05, 4.69) is 66.1 Å². The molecule has 0 saturated heterocycles. The van der Waals surface area contributed by atoms with Gasteiger partial charge in [-0.15, -0.1) is 29.1 Å². The number of benzene rings is 3. The third-order valence-corrected chi connectivity index (χ3v) is 8.06. The predicted octanol–water partition coefficient (Wildman–Crippen LogP) is 9.36. The van der Waals surface area contributed by atoms with E-state index < -0.39 is 0 Å². The number of hydrogen-bond donors (Lipinski definition) is 1. The molecule has 0 bridgehead atoms. The van der Waals surface area contributed by atoms with Crippen LogP contribution >= 0.6 is 0 Å². The number of allylic oxidation sites excluding steroid dienone is 2. The van der Waals surface area contributed by atoms with Crippen molar-refractivity contribution in [3.05, 3.63) is 84.4 Å². The van der Waals surface area contributed by atoms with Gasteiger partial charge in [0.2, 0.25) is 0 Å². The zero-order chi connectivity index (χ0) is 31.1. The van der Waals surface area contributed by atoms with Crippen molar-refractivity contribution in [2.75, 3.05) is 0 Å². The van der Waals surface area contributed by atoms with Gasteiger partial charge in [-0.1, -0.05) is 89.7 Å². The van der Waals surface area contributed by atoms with E-state index in [1.807, 2.05) is 58.0 Å². The maximum absolute atomic E-state index is 11.7. The van der Waals surface area contributed by atoms with Crippen LogP contribution in [-0.4, -0.2) is 30.8 Å². The number of aliphatic hydroxyl groups is 1. The minimum Gasteiger partial charge on any atom is -0.512 e. The molecule has 0 aliphatic rings. The van der Waals surface area contributed by atoms with Gasteiger partial charge in [0.1, 0.15) is 11.8 Å². The summed E-state index contributed by atoms with van der Waals surface area (Å²) in [4.78, 5) is 30.1.